The zero-order valence-corrected chi connectivity index (χ0v) is 15.9. The zero-order chi connectivity index (χ0) is 15.8. The second kappa shape index (κ2) is 10.1. The van der Waals surface area contributed by atoms with Crippen molar-refractivity contribution in [2.24, 2.45) is 10.7 Å². The molecule has 0 aliphatic carbocycles. The minimum Gasteiger partial charge on any atom is -0.494 e. The van der Waals surface area contributed by atoms with E-state index in [1.54, 1.807) is 0 Å². The van der Waals surface area contributed by atoms with Gasteiger partial charge in [0.05, 0.1) is 6.61 Å². The van der Waals surface area contributed by atoms with E-state index in [1.807, 2.05) is 55.5 Å². The summed E-state index contributed by atoms with van der Waals surface area (Å²) in [6.07, 6.45) is 0.823. The molecule has 0 atom stereocenters. The van der Waals surface area contributed by atoms with Crippen LogP contribution in [0.3, 0.4) is 0 Å². The summed E-state index contributed by atoms with van der Waals surface area (Å²) < 4.78 is 5.65. The van der Waals surface area contributed by atoms with Gasteiger partial charge in [-0.25, -0.2) is 0 Å². The minimum absolute atomic E-state index is 0. The largest absolute Gasteiger partial charge is 0.494 e. The number of hydrogen-bond acceptors (Lipinski definition) is 2. The monoisotopic (exact) mass is 425 g/mol. The van der Waals surface area contributed by atoms with Crippen molar-refractivity contribution in [3.05, 3.63) is 59.7 Å². The third-order valence-electron chi connectivity index (χ3n) is 3.16. The number of anilines is 1. The van der Waals surface area contributed by atoms with E-state index in [-0.39, 0.29) is 24.0 Å². The summed E-state index contributed by atoms with van der Waals surface area (Å²) in [7, 11) is 0. The molecule has 0 unspecified atom stereocenters. The molecule has 23 heavy (non-hydrogen) atoms. The highest BCUT2D eigenvalue weighted by Crippen LogP contribution is 2.11. The lowest BCUT2D eigenvalue weighted by molar-refractivity contribution is 0.313. The van der Waals surface area contributed by atoms with Crippen LogP contribution in [0.25, 0.3) is 0 Å². The lowest BCUT2D eigenvalue weighted by atomic mass is 10.2. The van der Waals surface area contributed by atoms with Gasteiger partial charge in [0.25, 0.3) is 0 Å². The number of halogens is 1. The molecular formula is C18H24IN3O. The third kappa shape index (κ3) is 7.36. The maximum atomic E-state index is 5.86. The molecule has 4 nitrogen and oxygen atoms in total. The molecule has 2 rings (SSSR count). The molecule has 0 aliphatic rings. The van der Waals surface area contributed by atoms with Gasteiger partial charge in [-0.3, -0.25) is 4.99 Å². The normalized spacial score (nSPS) is 10.8. The van der Waals surface area contributed by atoms with Crippen molar-refractivity contribution in [3.63, 3.8) is 0 Å². The molecule has 2 aromatic rings. The first kappa shape index (κ1) is 19.3. The second-order valence-corrected chi connectivity index (χ2v) is 5.28. The topological polar surface area (TPSA) is 59.6 Å². The molecule has 0 spiro atoms. The summed E-state index contributed by atoms with van der Waals surface area (Å²) >= 11 is 0. The van der Waals surface area contributed by atoms with Crippen molar-refractivity contribution in [1.29, 1.82) is 0 Å². The zero-order valence-electron chi connectivity index (χ0n) is 13.6. The van der Waals surface area contributed by atoms with Crippen molar-refractivity contribution in [2.75, 3.05) is 18.5 Å². The van der Waals surface area contributed by atoms with Gasteiger partial charge in [0.2, 0.25) is 0 Å². The highest BCUT2D eigenvalue weighted by Gasteiger charge is 1.96. The summed E-state index contributed by atoms with van der Waals surface area (Å²) in [5.74, 6) is 1.32. The van der Waals surface area contributed by atoms with Crippen LogP contribution >= 0.6 is 24.0 Å². The van der Waals surface area contributed by atoms with Gasteiger partial charge in [-0.15, -0.1) is 24.0 Å². The van der Waals surface area contributed by atoms with E-state index in [4.69, 9.17) is 10.5 Å². The van der Waals surface area contributed by atoms with Crippen LogP contribution in [0.5, 0.6) is 5.75 Å². The fourth-order valence-corrected chi connectivity index (χ4v) is 2.00. The predicted molar refractivity (Wildman–Crippen MR) is 108 cm³/mol. The van der Waals surface area contributed by atoms with Crippen LogP contribution in [0.15, 0.2) is 53.5 Å². The first-order chi connectivity index (χ1) is 10.6. The van der Waals surface area contributed by atoms with Crippen LogP contribution in [0.4, 0.5) is 5.69 Å². The third-order valence-corrected chi connectivity index (χ3v) is 3.16. The van der Waals surface area contributed by atoms with Gasteiger partial charge in [-0.1, -0.05) is 29.8 Å². The Morgan fingerprint density at radius 2 is 1.83 bits per heavy atom. The van der Waals surface area contributed by atoms with Crippen molar-refractivity contribution in [1.82, 2.24) is 0 Å². The molecule has 0 aliphatic heterocycles. The van der Waals surface area contributed by atoms with Gasteiger partial charge < -0.3 is 15.8 Å². The molecule has 0 saturated heterocycles. The Balaban J connectivity index is 0.00000264. The molecule has 3 N–H and O–H groups in total. The van der Waals surface area contributed by atoms with Gasteiger partial charge >= 0.3 is 0 Å². The molecule has 0 bridgehead atoms. The van der Waals surface area contributed by atoms with Gasteiger partial charge in [0, 0.05) is 18.7 Å². The molecule has 0 heterocycles. The van der Waals surface area contributed by atoms with Crippen molar-refractivity contribution in [2.45, 2.75) is 20.3 Å². The highest BCUT2D eigenvalue weighted by atomic mass is 127. The number of guanidine groups is 1. The minimum atomic E-state index is 0. The molecule has 124 valence electrons. The van der Waals surface area contributed by atoms with Crippen LogP contribution in [-0.2, 0) is 0 Å². The SMILES string of the molecule is Cc1ccc(OCCCN=C(N)Nc2cccc(C)c2)cc1.I. The summed E-state index contributed by atoms with van der Waals surface area (Å²) in [6.45, 7) is 5.37. The van der Waals surface area contributed by atoms with Crippen LogP contribution in [-0.4, -0.2) is 19.1 Å². The average molecular weight is 425 g/mol. The Bertz CT molecular complexity index is 626. The van der Waals surface area contributed by atoms with E-state index in [1.165, 1.54) is 11.1 Å². The Labute approximate surface area is 155 Å². The van der Waals surface area contributed by atoms with Gasteiger partial charge in [-0.05, 0) is 43.7 Å². The van der Waals surface area contributed by atoms with E-state index in [2.05, 4.69) is 17.2 Å². The van der Waals surface area contributed by atoms with Gasteiger partial charge in [0.1, 0.15) is 5.75 Å². The molecule has 0 radical (unpaired) electrons. The van der Waals surface area contributed by atoms with E-state index >= 15 is 0 Å². The maximum Gasteiger partial charge on any atom is 0.193 e. The van der Waals surface area contributed by atoms with Crippen LogP contribution in [0.1, 0.15) is 17.5 Å². The summed E-state index contributed by atoms with van der Waals surface area (Å²) in [5.41, 5.74) is 9.23. The molecule has 0 amide bonds. The fraction of sp³-hybridized carbons (Fsp3) is 0.278. The van der Waals surface area contributed by atoms with E-state index in [9.17, 15) is 0 Å². The molecule has 2 aromatic carbocycles. The Kier molecular flexibility index (Phi) is 8.47. The van der Waals surface area contributed by atoms with Gasteiger partial charge in [-0.2, -0.15) is 0 Å². The lowest BCUT2D eigenvalue weighted by Crippen LogP contribution is -2.23. The van der Waals surface area contributed by atoms with E-state index < -0.39 is 0 Å². The number of aryl methyl sites for hydroxylation is 2. The number of nitrogens with zero attached hydrogens (tertiary/aromatic N) is 1. The highest BCUT2D eigenvalue weighted by molar-refractivity contribution is 14.0. The number of ether oxygens (including phenoxy) is 1. The quantitative estimate of drug-likeness (QED) is 0.317. The van der Waals surface area contributed by atoms with Gasteiger partial charge in [0.15, 0.2) is 5.96 Å². The molecule has 0 saturated carbocycles. The van der Waals surface area contributed by atoms with Crippen molar-refractivity contribution < 1.29 is 4.74 Å². The van der Waals surface area contributed by atoms with Crippen molar-refractivity contribution in [3.8, 4) is 5.75 Å². The number of rotatable bonds is 6. The number of nitrogens with one attached hydrogen (secondary N) is 1. The smallest absolute Gasteiger partial charge is 0.193 e. The summed E-state index contributed by atoms with van der Waals surface area (Å²) in [6, 6.07) is 16.1. The second-order valence-electron chi connectivity index (χ2n) is 5.28. The Hall–Kier alpha value is -1.76. The fourth-order valence-electron chi connectivity index (χ4n) is 2.00. The molecular weight excluding hydrogens is 401 g/mol. The summed E-state index contributed by atoms with van der Waals surface area (Å²) in [4.78, 5) is 4.30. The average Bonchev–Trinajstić information content (AvgIpc) is 2.49. The first-order valence-electron chi connectivity index (χ1n) is 7.46. The molecule has 0 fully saturated rings. The van der Waals surface area contributed by atoms with Crippen LogP contribution in [0, 0.1) is 13.8 Å². The Morgan fingerprint density at radius 1 is 1.09 bits per heavy atom. The number of benzene rings is 2. The first-order valence-corrected chi connectivity index (χ1v) is 7.46. The predicted octanol–water partition coefficient (Wildman–Crippen LogP) is 4.12. The summed E-state index contributed by atoms with van der Waals surface area (Å²) in [5, 5.41) is 3.08. The lowest BCUT2D eigenvalue weighted by Gasteiger charge is -2.07. The van der Waals surface area contributed by atoms with Crippen LogP contribution in [0.2, 0.25) is 0 Å². The number of nitrogens with two attached hydrogens (primary N) is 1. The van der Waals surface area contributed by atoms with E-state index in [0.29, 0.717) is 19.1 Å². The Morgan fingerprint density at radius 3 is 2.52 bits per heavy atom. The van der Waals surface area contributed by atoms with Crippen molar-refractivity contribution >= 4 is 35.6 Å². The maximum absolute atomic E-state index is 5.86. The molecule has 0 aromatic heterocycles. The van der Waals surface area contributed by atoms with E-state index in [0.717, 1.165) is 17.9 Å². The number of hydrogen-bond donors (Lipinski definition) is 2. The standard InChI is InChI=1S/C18H23N3O.HI/c1-14-7-9-17(10-8-14)22-12-4-11-20-18(19)21-16-6-3-5-15(2)13-16;/h3,5-10,13H,4,11-12H2,1-2H3,(H3,19,20,21);1H. The number of aliphatic imine (C=N–C) groups is 1. The van der Waals surface area contributed by atoms with Crippen LogP contribution < -0.4 is 15.8 Å². The molecule has 5 heteroatoms.